The van der Waals surface area contributed by atoms with E-state index < -0.39 is 0 Å². The number of thiazole rings is 1. The van der Waals surface area contributed by atoms with Gasteiger partial charge in [-0.05, 0) is 18.2 Å². The van der Waals surface area contributed by atoms with E-state index in [0.29, 0.717) is 24.9 Å². The zero-order valence-electron chi connectivity index (χ0n) is 13.9. The highest BCUT2D eigenvalue weighted by Crippen LogP contribution is 2.34. The van der Waals surface area contributed by atoms with Crippen molar-refractivity contribution < 1.29 is 13.9 Å². The molecule has 1 N–H and O–H groups in total. The largest absolute Gasteiger partial charge is 0.497 e. The number of anilines is 1. The van der Waals surface area contributed by atoms with Crippen molar-refractivity contribution in [1.82, 2.24) is 20.5 Å². The SMILES string of the molecule is COc1ccc2nc(N3CC(C(=O)NCc4nnc(C)o4)C3)sc2c1. The molecule has 130 valence electrons. The second-order valence-electron chi connectivity index (χ2n) is 5.86. The van der Waals surface area contributed by atoms with E-state index in [-0.39, 0.29) is 18.4 Å². The lowest BCUT2D eigenvalue weighted by molar-refractivity contribution is -0.126. The summed E-state index contributed by atoms with van der Waals surface area (Å²) in [5.41, 5.74) is 0.945. The van der Waals surface area contributed by atoms with Crippen LogP contribution in [0.25, 0.3) is 10.2 Å². The maximum absolute atomic E-state index is 12.2. The Balaban J connectivity index is 1.34. The Morgan fingerprint density at radius 2 is 2.28 bits per heavy atom. The highest BCUT2D eigenvalue weighted by molar-refractivity contribution is 7.22. The second-order valence-corrected chi connectivity index (χ2v) is 6.87. The molecule has 0 bridgehead atoms. The lowest BCUT2D eigenvalue weighted by atomic mass is 10.0. The van der Waals surface area contributed by atoms with Gasteiger partial charge in [0.1, 0.15) is 5.75 Å². The average molecular weight is 359 g/mol. The van der Waals surface area contributed by atoms with Crippen molar-refractivity contribution in [2.45, 2.75) is 13.5 Å². The van der Waals surface area contributed by atoms with Gasteiger partial charge >= 0.3 is 0 Å². The molecule has 2 aromatic heterocycles. The number of carbonyl (C=O) groups is 1. The quantitative estimate of drug-likeness (QED) is 0.742. The molecular weight excluding hydrogens is 342 g/mol. The zero-order chi connectivity index (χ0) is 17.4. The van der Waals surface area contributed by atoms with E-state index in [1.54, 1.807) is 25.4 Å². The van der Waals surface area contributed by atoms with Gasteiger partial charge in [0.25, 0.3) is 0 Å². The number of aryl methyl sites for hydroxylation is 1. The van der Waals surface area contributed by atoms with Crippen molar-refractivity contribution in [3.05, 3.63) is 30.0 Å². The molecule has 25 heavy (non-hydrogen) atoms. The van der Waals surface area contributed by atoms with Gasteiger partial charge in [0.2, 0.25) is 17.7 Å². The number of carbonyl (C=O) groups excluding carboxylic acids is 1. The van der Waals surface area contributed by atoms with E-state index in [0.717, 1.165) is 21.1 Å². The molecule has 0 aliphatic carbocycles. The molecule has 0 spiro atoms. The normalized spacial score (nSPS) is 14.6. The number of ether oxygens (including phenoxy) is 1. The second kappa shape index (κ2) is 6.32. The third-order valence-electron chi connectivity index (χ3n) is 4.09. The van der Waals surface area contributed by atoms with Gasteiger partial charge in [-0.3, -0.25) is 4.79 Å². The molecule has 1 aliphatic heterocycles. The molecule has 0 atom stereocenters. The molecule has 3 aromatic rings. The first-order chi connectivity index (χ1) is 12.1. The fraction of sp³-hybridized carbons (Fsp3) is 0.375. The molecule has 0 saturated carbocycles. The summed E-state index contributed by atoms with van der Waals surface area (Å²) in [7, 11) is 1.65. The summed E-state index contributed by atoms with van der Waals surface area (Å²) >= 11 is 1.61. The predicted octanol–water partition coefficient (Wildman–Crippen LogP) is 1.75. The van der Waals surface area contributed by atoms with Gasteiger partial charge in [-0.15, -0.1) is 10.2 Å². The van der Waals surface area contributed by atoms with E-state index in [1.807, 2.05) is 18.2 Å². The van der Waals surface area contributed by atoms with Crippen LogP contribution in [-0.2, 0) is 11.3 Å². The number of amides is 1. The Bertz CT molecular complexity index is 916. The Morgan fingerprint density at radius 1 is 1.44 bits per heavy atom. The molecule has 1 saturated heterocycles. The lowest BCUT2D eigenvalue weighted by Gasteiger charge is -2.37. The van der Waals surface area contributed by atoms with Crippen LogP contribution in [0.4, 0.5) is 5.13 Å². The van der Waals surface area contributed by atoms with Crippen molar-refractivity contribution >= 4 is 32.6 Å². The van der Waals surface area contributed by atoms with Crippen molar-refractivity contribution in [1.29, 1.82) is 0 Å². The summed E-state index contributed by atoms with van der Waals surface area (Å²) in [5.74, 6) is 1.67. The molecule has 1 aliphatic rings. The van der Waals surface area contributed by atoms with E-state index in [9.17, 15) is 4.79 Å². The number of rotatable bonds is 5. The highest BCUT2D eigenvalue weighted by Gasteiger charge is 2.34. The monoisotopic (exact) mass is 359 g/mol. The fourth-order valence-corrected chi connectivity index (χ4v) is 3.68. The van der Waals surface area contributed by atoms with Crippen molar-refractivity contribution in [3.8, 4) is 5.75 Å². The van der Waals surface area contributed by atoms with Crippen LogP contribution in [0.15, 0.2) is 22.6 Å². The molecule has 1 fully saturated rings. The summed E-state index contributed by atoms with van der Waals surface area (Å²) < 4.78 is 11.6. The molecule has 0 unspecified atom stereocenters. The van der Waals surface area contributed by atoms with Crippen LogP contribution in [0.3, 0.4) is 0 Å². The van der Waals surface area contributed by atoms with Crippen LogP contribution in [0.5, 0.6) is 5.75 Å². The van der Waals surface area contributed by atoms with Crippen LogP contribution < -0.4 is 15.0 Å². The van der Waals surface area contributed by atoms with Gasteiger partial charge in [-0.1, -0.05) is 11.3 Å². The van der Waals surface area contributed by atoms with Gasteiger partial charge in [-0.25, -0.2) is 4.98 Å². The maximum Gasteiger partial charge on any atom is 0.235 e. The lowest BCUT2D eigenvalue weighted by Crippen LogP contribution is -2.53. The van der Waals surface area contributed by atoms with Gasteiger partial charge < -0.3 is 19.4 Å². The number of methoxy groups -OCH3 is 1. The van der Waals surface area contributed by atoms with E-state index in [4.69, 9.17) is 9.15 Å². The summed E-state index contributed by atoms with van der Waals surface area (Å²) in [6.45, 7) is 3.30. The number of benzene rings is 1. The molecule has 1 aromatic carbocycles. The highest BCUT2D eigenvalue weighted by atomic mass is 32.1. The summed E-state index contributed by atoms with van der Waals surface area (Å²) in [6.07, 6.45) is 0. The van der Waals surface area contributed by atoms with Gasteiger partial charge in [0, 0.05) is 20.0 Å². The number of nitrogens with one attached hydrogen (secondary N) is 1. The Hall–Kier alpha value is -2.68. The third-order valence-corrected chi connectivity index (χ3v) is 5.17. The molecule has 8 nitrogen and oxygen atoms in total. The minimum absolute atomic E-state index is 0.00474. The van der Waals surface area contributed by atoms with Crippen LogP contribution in [0, 0.1) is 12.8 Å². The van der Waals surface area contributed by atoms with Crippen LogP contribution >= 0.6 is 11.3 Å². The Kier molecular flexibility index (Phi) is 4.00. The minimum atomic E-state index is -0.0504. The number of nitrogens with zero attached hydrogens (tertiary/aromatic N) is 4. The van der Waals surface area contributed by atoms with E-state index in [1.165, 1.54) is 0 Å². The van der Waals surface area contributed by atoms with Crippen molar-refractivity contribution in [3.63, 3.8) is 0 Å². The Labute approximate surface area is 147 Å². The van der Waals surface area contributed by atoms with Crippen LogP contribution in [-0.4, -0.2) is 41.3 Å². The first-order valence-corrected chi connectivity index (χ1v) is 8.70. The van der Waals surface area contributed by atoms with Crippen LogP contribution in [0.2, 0.25) is 0 Å². The van der Waals surface area contributed by atoms with Gasteiger partial charge in [-0.2, -0.15) is 0 Å². The number of hydrogen-bond donors (Lipinski definition) is 1. The molecule has 0 radical (unpaired) electrons. The summed E-state index contributed by atoms with van der Waals surface area (Å²) in [5, 5.41) is 11.4. The number of hydrogen-bond acceptors (Lipinski definition) is 8. The van der Waals surface area contributed by atoms with Gasteiger partial charge in [0.15, 0.2) is 5.13 Å². The first-order valence-electron chi connectivity index (χ1n) is 7.88. The van der Waals surface area contributed by atoms with Crippen molar-refractivity contribution in [2.24, 2.45) is 5.92 Å². The average Bonchev–Trinajstić information content (AvgIpc) is 3.16. The zero-order valence-corrected chi connectivity index (χ0v) is 14.7. The molecular formula is C16H17N5O3S. The predicted molar refractivity (Wildman–Crippen MR) is 92.8 cm³/mol. The van der Waals surface area contributed by atoms with E-state index >= 15 is 0 Å². The maximum atomic E-state index is 12.2. The topological polar surface area (TPSA) is 93.4 Å². The van der Waals surface area contributed by atoms with Crippen molar-refractivity contribution in [2.75, 3.05) is 25.1 Å². The standard InChI is InChI=1S/C16H17N5O3S/c1-9-19-20-14(24-9)6-17-15(22)10-7-21(8-10)16-18-12-4-3-11(23-2)5-13(12)25-16/h3-5,10H,6-8H2,1-2H3,(H,17,22). The molecule has 3 heterocycles. The van der Waals surface area contributed by atoms with E-state index in [2.05, 4.69) is 25.4 Å². The fourth-order valence-electron chi connectivity index (χ4n) is 2.67. The summed E-state index contributed by atoms with van der Waals surface area (Å²) in [4.78, 5) is 18.9. The number of fused-ring (bicyclic) bond motifs is 1. The third kappa shape index (κ3) is 3.14. The number of aromatic nitrogens is 3. The summed E-state index contributed by atoms with van der Waals surface area (Å²) in [6, 6.07) is 5.83. The molecule has 1 amide bonds. The first kappa shape index (κ1) is 15.8. The molecule has 9 heteroatoms. The smallest absolute Gasteiger partial charge is 0.235 e. The Morgan fingerprint density at radius 3 is 3.00 bits per heavy atom. The molecule has 4 rings (SSSR count). The van der Waals surface area contributed by atoms with Crippen LogP contribution in [0.1, 0.15) is 11.8 Å². The van der Waals surface area contributed by atoms with Gasteiger partial charge in [0.05, 0.1) is 29.8 Å². The minimum Gasteiger partial charge on any atom is -0.497 e.